The molecule has 1 aliphatic rings. The van der Waals surface area contributed by atoms with Crippen molar-refractivity contribution in [1.29, 1.82) is 0 Å². The lowest BCUT2D eigenvalue weighted by Crippen LogP contribution is -2.40. The van der Waals surface area contributed by atoms with Crippen molar-refractivity contribution in [2.24, 2.45) is 0 Å². The fourth-order valence-corrected chi connectivity index (χ4v) is 3.78. The molecule has 6 nitrogen and oxygen atoms in total. The first-order chi connectivity index (χ1) is 14.0. The Morgan fingerprint density at radius 1 is 1.07 bits per heavy atom. The molecule has 0 bridgehead atoms. The van der Waals surface area contributed by atoms with E-state index in [9.17, 15) is 4.79 Å². The van der Waals surface area contributed by atoms with Gasteiger partial charge in [0.25, 0.3) is 0 Å². The summed E-state index contributed by atoms with van der Waals surface area (Å²) >= 11 is 0. The Labute approximate surface area is 170 Å². The fourth-order valence-electron chi connectivity index (χ4n) is 3.78. The Morgan fingerprint density at radius 3 is 2.55 bits per heavy atom. The highest BCUT2D eigenvalue weighted by Gasteiger charge is 2.28. The summed E-state index contributed by atoms with van der Waals surface area (Å²) < 4.78 is 5.54. The number of anilines is 1. The van der Waals surface area contributed by atoms with Crippen LogP contribution in [0.15, 0.2) is 47.0 Å². The first kappa shape index (κ1) is 19.2. The minimum Gasteiger partial charge on any atom is -0.339 e. The van der Waals surface area contributed by atoms with Gasteiger partial charge in [-0.1, -0.05) is 46.6 Å². The minimum absolute atomic E-state index is 0.0543. The van der Waals surface area contributed by atoms with E-state index in [0.717, 1.165) is 35.2 Å². The summed E-state index contributed by atoms with van der Waals surface area (Å²) in [5.74, 6) is 1.47. The van der Waals surface area contributed by atoms with Crippen LogP contribution >= 0.6 is 0 Å². The zero-order chi connectivity index (χ0) is 20.4. The molecule has 0 atom stereocenters. The topological polar surface area (TPSA) is 71.3 Å². The van der Waals surface area contributed by atoms with Crippen LogP contribution in [0.1, 0.15) is 41.3 Å². The molecule has 1 N–H and O–H groups in total. The Bertz CT molecular complexity index is 1020. The van der Waals surface area contributed by atoms with Crippen LogP contribution in [0.5, 0.6) is 0 Å². The molecule has 0 unspecified atom stereocenters. The van der Waals surface area contributed by atoms with E-state index in [4.69, 9.17) is 4.52 Å². The van der Waals surface area contributed by atoms with E-state index in [0.29, 0.717) is 24.8 Å². The van der Waals surface area contributed by atoms with Gasteiger partial charge in [-0.25, -0.2) is 4.79 Å². The van der Waals surface area contributed by atoms with Gasteiger partial charge in [0.1, 0.15) is 0 Å². The van der Waals surface area contributed by atoms with Crippen LogP contribution in [0.3, 0.4) is 0 Å². The summed E-state index contributed by atoms with van der Waals surface area (Å²) in [4.78, 5) is 19.1. The van der Waals surface area contributed by atoms with Crippen molar-refractivity contribution in [2.75, 3.05) is 18.4 Å². The number of likely N-dealkylation sites (tertiary alicyclic amines) is 1. The zero-order valence-corrected chi connectivity index (χ0v) is 17.1. The largest absolute Gasteiger partial charge is 0.339 e. The van der Waals surface area contributed by atoms with Crippen LogP contribution in [0.2, 0.25) is 0 Å². The number of hydrogen-bond donors (Lipinski definition) is 1. The molecular formula is C23H26N4O2. The molecule has 4 rings (SSSR count). The van der Waals surface area contributed by atoms with Crippen molar-refractivity contribution in [3.05, 3.63) is 65.0 Å². The monoisotopic (exact) mass is 390 g/mol. The van der Waals surface area contributed by atoms with Gasteiger partial charge in [-0.15, -0.1) is 0 Å². The SMILES string of the molecule is Cc1cccc(-c2noc(C3CCN(C(=O)Nc4ccc(C)cc4C)CC3)n2)c1. The van der Waals surface area contributed by atoms with Gasteiger partial charge in [-0.3, -0.25) is 0 Å². The number of piperidine rings is 1. The lowest BCUT2D eigenvalue weighted by atomic mass is 9.97. The van der Waals surface area contributed by atoms with Crippen LogP contribution in [0.4, 0.5) is 10.5 Å². The normalized spacial score (nSPS) is 14.8. The van der Waals surface area contributed by atoms with Gasteiger partial charge in [0, 0.05) is 30.3 Å². The number of nitrogens with one attached hydrogen (secondary N) is 1. The lowest BCUT2D eigenvalue weighted by molar-refractivity contribution is 0.187. The van der Waals surface area contributed by atoms with E-state index in [2.05, 4.69) is 27.6 Å². The second-order valence-corrected chi connectivity index (χ2v) is 7.84. The number of urea groups is 1. The van der Waals surface area contributed by atoms with Crippen LogP contribution in [-0.4, -0.2) is 34.2 Å². The molecule has 1 fully saturated rings. The second-order valence-electron chi connectivity index (χ2n) is 7.84. The molecule has 3 aromatic rings. The zero-order valence-electron chi connectivity index (χ0n) is 17.1. The lowest BCUT2D eigenvalue weighted by Gasteiger charge is -2.30. The van der Waals surface area contributed by atoms with E-state index in [1.54, 1.807) is 0 Å². The number of amides is 2. The third-order valence-electron chi connectivity index (χ3n) is 5.47. The number of carbonyl (C=O) groups excluding carboxylic acids is 1. The summed E-state index contributed by atoms with van der Waals surface area (Å²) in [5.41, 5.74) is 5.25. The number of hydrogen-bond acceptors (Lipinski definition) is 4. The summed E-state index contributed by atoms with van der Waals surface area (Å²) in [7, 11) is 0. The third-order valence-corrected chi connectivity index (χ3v) is 5.47. The molecule has 2 amide bonds. The molecule has 0 saturated carbocycles. The number of benzene rings is 2. The summed E-state index contributed by atoms with van der Waals surface area (Å²) in [6, 6.07) is 14.1. The van der Waals surface area contributed by atoms with E-state index in [1.165, 1.54) is 5.56 Å². The van der Waals surface area contributed by atoms with Crippen molar-refractivity contribution >= 4 is 11.7 Å². The smallest absolute Gasteiger partial charge is 0.321 e. The highest BCUT2D eigenvalue weighted by Crippen LogP contribution is 2.29. The minimum atomic E-state index is -0.0543. The second kappa shape index (κ2) is 8.07. The maximum atomic E-state index is 12.6. The molecule has 0 radical (unpaired) electrons. The number of rotatable bonds is 3. The summed E-state index contributed by atoms with van der Waals surface area (Å²) in [5, 5.41) is 7.18. The first-order valence-electron chi connectivity index (χ1n) is 10.0. The van der Waals surface area contributed by atoms with Crippen molar-refractivity contribution in [2.45, 2.75) is 39.5 Å². The molecule has 150 valence electrons. The number of aryl methyl sites for hydroxylation is 3. The molecule has 1 saturated heterocycles. The van der Waals surface area contributed by atoms with Gasteiger partial charge >= 0.3 is 6.03 Å². The molecule has 0 aliphatic carbocycles. The van der Waals surface area contributed by atoms with Crippen LogP contribution in [0, 0.1) is 20.8 Å². The first-order valence-corrected chi connectivity index (χ1v) is 10.0. The van der Waals surface area contributed by atoms with E-state index < -0.39 is 0 Å². The van der Waals surface area contributed by atoms with Gasteiger partial charge in [0.05, 0.1) is 0 Å². The molecule has 1 aliphatic heterocycles. The van der Waals surface area contributed by atoms with E-state index >= 15 is 0 Å². The van der Waals surface area contributed by atoms with Gasteiger partial charge in [-0.2, -0.15) is 4.98 Å². The molecular weight excluding hydrogens is 364 g/mol. The van der Waals surface area contributed by atoms with Crippen molar-refractivity contribution in [3.63, 3.8) is 0 Å². The van der Waals surface area contributed by atoms with E-state index in [1.807, 2.05) is 56.0 Å². The highest BCUT2D eigenvalue weighted by atomic mass is 16.5. The summed E-state index contributed by atoms with van der Waals surface area (Å²) in [6.45, 7) is 7.44. The van der Waals surface area contributed by atoms with Crippen LogP contribution < -0.4 is 5.32 Å². The number of carbonyl (C=O) groups is 1. The maximum absolute atomic E-state index is 12.6. The Hall–Kier alpha value is -3.15. The van der Waals surface area contributed by atoms with Crippen LogP contribution in [-0.2, 0) is 0 Å². The average molecular weight is 390 g/mol. The predicted octanol–water partition coefficient (Wildman–Crippen LogP) is 5.07. The molecule has 2 heterocycles. The maximum Gasteiger partial charge on any atom is 0.321 e. The van der Waals surface area contributed by atoms with Crippen molar-refractivity contribution in [1.82, 2.24) is 15.0 Å². The third kappa shape index (κ3) is 4.31. The molecule has 0 spiro atoms. The fraction of sp³-hybridized carbons (Fsp3) is 0.348. The Morgan fingerprint density at radius 2 is 1.83 bits per heavy atom. The quantitative estimate of drug-likeness (QED) is 0.677. The number of nitrogens with zero attached hydrogens (tertiary/aromatic N) is 3. The van der Waals surface area contributed by atoms with E-state index in [-0.39, 0.29) is 11.9 Å². The van der Waals surface area contributed by atoms with Gasteiger partial charge in [0.15, 0.2) is 0 Å². The average Bonchev–Trinajstić information content (AvgIpc) is 3.20. The molecule has 1 aromatic heterocycles. The van der Waals surface area contributed by atoms with Crippen LogP contribution in [0.25, 0.3) is 11.4 Å². The summed E-state index contributed by atoms with van der Waals surface area (Å²) in [6.07, 6.45) is 1.63. The van der Waals surface area contributed by atoms with Gasteiger partial charge < -0.3 is 14.7 Å². The molecule has 6 heteroatoms. The molecule has 2 aromatic carbocycles. The Balaban J connectivity index is 1.36. The highest BCUT2D eigenvalue weighted by molar-refractivity contribution is 5.90. The predicted molar refractivity (Wildman–Crippen MR) is 113 cm³/mol. The Kier molecular flexibility index (Phi) is 5.34. The van der Waals surface area contributed by atoms with Crippen molar-refractivity contribution in [3.8, 4) is 11.4 Å². The number of aromatic nitrogens is 2. The molecule has 29 heavy (non-hydrogen) atoms. The standard InChI is InChI=1S/C23H26N4O2/c1-15-5-4-6-19(14-15)21-25-22(29-26-21)18-9-11-27(12-10-18)23(28)24-20-8-7-16(2)13-17(20)3/h4-8,13-14,18H,9-12H2,1-3H3,(H,24,28). The van der Waals surface area contributed by atoms with Gasteiger partial charge in [-0.05, 0) is 51.3 Å². The van der Waals surface area contributed by atoms with Crippen molar-refractivity contribution < 1.29 is 9.32 Å². The van der Waals surface area contributed by atoms with Gasteiger partial charge in [0.2, 0.25) is 11.7 Å².